The van der Waals surface area contributed by atoms with Crippen LogP contribution in [0.15, 0.2) is 71.6 Å². The molecule has 0 unspecified atom stereocenters. The van der Waals surface area contributed by atoms with Gasteiger partial charge in [-0.25, -0.2) is 8.42 Å². The summed E-state index contributed by atoms with van der Waals surface area (Å²) in [6.45, 7) is 1.60. The van der Waals surface area contributed by atoms with Gasteiger partial charge in [0.15, 0.2) is 6.10 Å². The first kappa shape index (κ1) is 23.7. The van der Waals surface area contributed by atoms with Crippen LogP contribution in [0.25, 0.3) is 0 Å². The number of sulfonamides is 1. The third-order valence-electron chi connectivity index (χ3n) is 4.27. The summed E-state index contributed by atoms with van der Waals surface area (Å²) in [5.74, 6) is 0.705. The molecular weight excluding hydrogens is 475 g/mol. The van der Waals surface area contributed by atoms with E-state index in [0.717, 1.165) is 0 Å². The minimum absolute atomic E-state index is 0.00674. The van der Waals surface area contributed by atoms with Crippen molar-refractivity contribution >= 4 is 50.5 Å². The Balaban J connectivity index is 1.64. The normalized spacial score (nSPS) is 12.0. The van der Waals surface area contributed by atoms with Crippen molar-refractivity contribution in [3.05, 3.63) is 76.8 Å². The molecule has 0 aliphatic rings. The molecule has 3 aromatic carbocycles. The van der Waals surface area contributed by atoms with Crippen LogP contribution in [0.2, 0.25) is 10.0 Å². The van der Waals surface area contributed by atoms with Crippen molar-refractivity contribution in [1.82, 2.24) is 0 Å². The molecule has 2 N–H and O–H groups in total. The van der Waals surface area contributed by atoms with Crippen LogP contribution in [0.1, 0.15) is 6.92 Å². The van der Waals surface area contributed by atoms with Gasteiger partial charge in [0.25, 0.3) is 15.9 Å². The maximum atomic E-state index is 12.6. The predicted octanol–water partition coefficient (Wildman–Crippen LogP) is 5.21. The number of anilines is 2. The van der Waals surface area contributed by atoms with Crippen LogP contribution >= 0.6 is 23.2 Å². The van der Waals surface area contributed by atoms with Crippen molar-refractivity contribution in [2.75, 3.05) is 17.1 Å². The van der Waals surface area contributed by atoms with Crippen LogP contribution in [0.4, 0.5) is 11.4 Å². The van der Waals surface area contributed by atoms with Crippen molar-refractivity contribution in [2.24, 2.45) is 0 Å². The molecule has 0 fully saturated rings. The number of amides is 1. The van der Waals surface area contributed by atoms with Crippen molar-refractivity contribution in [3.63, 3.8) is 0 Å². The molecule has 0 heterocycles. The van der Waals surface area contributed by atoms with E-state index in [2.05, 4.69) is 10.0 Å². The molecule has 10 heteroatoms. The fourth-order valence-electron chi connectivity index (χ4n) is 2.72. The lowest BCUT2D eigenvalue weighted by Crippen LogP contribution is -2.30. The van der Waals surface area contributed by atoms with E-state index in [-0.39, 0.29) is 10.6 Å². The lowest BCUT2D eigenvalue weighted by atomic mass is 10.3. The summed E-state index contributed by atoms with van der Waals surface area (Å²) >= 11 is 11.8. The molecular formula is C22H20Cl2N2O5S. The van der Waals surface area contributed by atoms with Gasteiger partial charge in [0.2, 0.25) is 0 Å². The third kappa shape index (κ3) is 6.29. The summed E-state index contributed by atoms with van der Waals surface area (Å²) in [4.78, 5) is 12.4. The Kier molecular flexibility index (Phi) is 7.50. The largest absolute Gasteiger partial charge is 0.497 e. The van der Waals surface area contributed by atoms with Gasteiger partial charge >= 0.3 is 0 Å². The SMILES string of the molecule is COc1cccc(O[C@H](C)C(=O)Nc2ccc(S(=O)(=O)Nc3cc(Cl)cc(Cl)c3)cc2)c1. The molecule has 3 rings (SSSR count). The van der Waals surface area contributed by atoms with E-state index in [1.807, 2.05) is 0 Å². The predicted molar refractivity (Wildman–Crippen MR) is 125 cm³/mol. The summed E-state index contributed by atoms with van der Waals surface area (Å²) in [6, 6.07) is 17.0. The molecule has 0 aliphatic heterocycles. The summed E-state index contributed by atoms with van der Waals surface area (Å²) in [7, 11) is -2.33. The number of rotatable bonds is 8. The Morgan fingerprint density at radius 3 is 2.16 bits per heavy atom. The Bertz CT molecular complexity index is 1200. The molecule has 1 amide bonds. The average molecular weight is 495 g/mol. The Morgan fingerprint density at radius 1 is 0.906 bits per heavy atom. The molecule has 168 valence electrons. The molecule has 32 heavy (non-hydrogen) atoms. The first-order valence-electron chi connectivity index (χ1n) is 9.37. The molecule has 0 aromatic heterocycles. The highest BCUT2D eigenvalue weighted by molar-refractivity contribution is 7.92. The maximum absolute atomic E-state index is 12.6. The van der Waals surface area contributed by atoms with Crippen LogP contribution in [0.5, 0.6) is 11.5 Å². The molecule has 7 nitrogen and oxygen atoms in total. The summed E-state index contributed by atoms with van der Waals surface area (Å²) in [6.07, 6.45) is -0.792. The molecule has 0 spiro atoms. The number of methoxy groups -OCH3 is 1. The van der Waals surface area contributed by atoms with Gasteiger partial charge in [-0.1, -0.05) is 29.3 Å². The van der Waals surface area contributed by atoms with Crippen LogP contribution in [-0.2, 0) is 14.8 Å². The standard InChI is InChI=1S/C22H20Cl2N2O5S/c1-14(31-20-5-3-4-19(13-20)30-2)22(27)25-17-6-8-21(9-7-17)32(28,29)26-18-11-15(23)10-16(24)12-18/h3-14,26H,1-2H3,(H,25,27)/t14-/m1/s1. The monoisotopic (exact) mass is 494 g/mol. The van der Waals surface area contributed by atoms with E-state index >= 15 is 0 Å². The van der Waals surface area contributed by atoms with Gasteiger partial charge in [-0.2, -0.15) is 0 Å². The third-order valence-corrected chi connectivity index (χ3v) is 6.10. The maximum Gasteiger partial charge on any atom is 0.265 e. The number of ether oxygens (including phenoxy) is 2. The second kappa shape index (κ2) is 10.1. The minimum Gasteiger partial charge on any atom is -0.497 e. The van der Waals surface area contributed by atoms with Crippen LogP contribution in [-0.4, -0.2) is 27.5 Å². The minimum atomic E-state index is -3.87. The van der Waals surface area contributed by atoms with Gasteiger partial charge in [-0.3, -0.25) is 9.52 Å². The Morgan fingerprint density at radius 2 is 1.53 bits per heavy atom. The quantitative estimate of drug-likeness (QED) is 0.448. The molecule has 3 aromatic rings. The zero-order valence-electron chi connectivity index (χ0n) is 17.1. The van der Waals surface area contributed by atoms with Crippen molar-refractivity contribution < 1.29 is 22.7 Å². The van der Waals surface area contributed by atoms with Gasteiger partial charge in [0, 0.05) is 21.8 Å². The van der Waals surface area contributed by atoms with E-state index in [9.17, 15) is 13.2 Å². The first-order chi connectivity index (χ1) is 15.2. The lowest BCUT2D eigenvalue weighted by Gasteiger charge is -2.15. The molecule has 0 aliphatic carbocycles. The Labute approximate surface area is 196 Å². The van der Waals surface area contributed by atoms with Crippen molar-refractivity contribution in [2.45, 2.75) is 17.9 Å². The molecule has 0 bridgehead atoms. The lowest BCUT2D eigenvalue weighted by molar-refractivity contribution is -0.122. The number of hydrogen-bond acceptors (Lipinski definition) is 5. The highest BCUT2D eigenvalue weighted by Gasteiger charge is 2.17. The van der Waals surface area contributed by atoms with Crippen LogP contribution in [0.3, 0.4) is 0 Å². The summed E-state index contributed by atoms with van der Waals surface area (Å²) < 4.78 is 38.4. The van der Waals surface area contributed by atoms with Crippen LogP contribution in [0, 0.1) is 0 Å². The fraction of sp³-hybridized carbons (Fsp3) is 0.136. The second-order valence-corrected chi connectivity index (χ2v) is 9.27. The smallest absolute Gasteiger partial charge is 0.265 e. The van der Waals surface area contributed by atoms with E-state index in [1.165, 1.54) is 42.5 Å². The average Bonchev–Trinajstić information content (AvgIpc) is 2.73. The highest BCUT2D eigenvalue weighted by atomic mass is 35.5. The van der Waals surface area contributed by atoms with E-state index in [4.69, 9.17) is 32.7 Å². The number of carbonyl (C=O) groups is 1. The summed E-state index contributed by atoms with van der Waals surface area (Å²) in [5, 5.41) is 3.30. The van der Waals surface area contributed by atoms with Gasteiger partial charge < -0.3 is 14.8 Å². The zero-order chi connectivity index (χ0) is 23.3. The number of carbonyl (C=O) groups excluding carboxylic acids is 1. The van der Waals surface area contributed by atoms with Gasteiger partial charge in [0.05, 0.1) is 17.7 Å². The number of hydrogen-bond donors (Lipinski definition) is 2. The second-order valence-electron chi connectivity index (χ2n) is 6.72. The number of nitrogens with one attached hydrogen (secondary N) is 2. The first-order valence-corrected chi connectivity index (χ1v) is 11.6. The molecule has 0 radical (unpaired) electrons. The van der Waals surface area contributed by atoms with Crippen molar-refractivity contribution in [1.29, 1.82) is 0 Å². The van der Waals surface area contributed by atoms with Crippen LogP contribution < -0.4 is 19.5 Å². The van der Waals surface area contributed by atoms with Crippen molar-refractivity contribution in [3.8, 4) is 11.5 Å². The zero-order valence-corrected chi connectivity index (χ0v) is 19.5. The van der Waals surface area contributed by atoms with E-state index in [0.29, 0.717) is 27.2 Å². The Hall–Kier alpha value is -2.94. The molecule has 1 atom stereocenters. The van der Waals surface area contributed by atoms with Gasteiger partial charge in [-0.05, 0) is 61.5 Å². The van der Waals surface area contributed by atoms with Gasteiger partial charge in [-0.15, -0.1) is 0 Å². The fourth-order valence-corrected chi connectivity index (χ4v) is 4.29. The summed E-state index contributed by atoms with van der Waals surface area (Å²) in [5.41, 5.74) is 0.657. The van der Waals surface area contributed by atoms with E-state index < -0.39 is 22.0 Å². The number of benzene rings is 3. The molecule has 0 saturated heterocycles. The highest BCUT2D eigenvalue weighted by Crippen LogP contribution is 2.25. The molecule has 0 saturated carbocycles. The topological polar surface area (TPSA) is 93.7 Å². The number of halogens is 2. The van der Waals surface area contributed by atoms with E-state index in [1.54, 1.807) is 38.3 Å². The van der Waals surface area contributed by atoms with Gasteiger partial charge in [0.1, 0.15) is 11.5 Å².